The number of halogens is 3. The SMILES string of the molecule is Cc1nc(C(C)C2CC3(CNC3)C2)ccc1C(F)(F)F. The largest absolute Gasteiger partial charge is 0.418 e. The quantitative estimate of drug-likeness (QED) is 0.899. The maximum Gasteiger partial charge on any atom is 0.418 e. The third-order valence-electron chi connectivity index (χ3n) is 4.98. The van der Waals surface area contributed by atoms with Crippen molar-refractivity contribution in [2.45, 2.75) is 38.8 Å². The van der Waals surface area contributed by atoms with Gasteiger partial charge in [0.05, 0.1) is 5.56 Å². The first kappa shape index (κ1) is 13.9. The van der Waals surface area contributed by atoms with E-state index in [-0.39, 0.29) is 11.6 Å². The molecular formula is C15H19F3N2. The molecular weight excluding hydrogens is 265 g/mol. The van der Waals surface area contributed by atoms with Crippen LogP contribution in [0.4, 0.5) is 13.2 Å². The molecule has 20 heavy (non-hydrogen) atoms. The van der Waals surface area contributed by atoms with Gasteiger partial charge in [-0.3, -0.25) is 4.98 Å². The molecule has 1 spiro atoms. The Bertz CT molecular complexity index is 512. The highest BCUT2D eigenvalue weighted by Gasteiger charge is 2.50. The van der Waals surface area contributed by atoms with Crippen molar-refractivity contribution in [3.8, 4) is 0 Å². The number of rotatable bonds is 2. The highest BCUT2D eigenvalue weighted by molar-refractivity contribution is 5.27. The summed E-state index contributed by atoms with van der Waals surface area (Å²) in [5.41, 5.74) is 0.741. The predicted molar refractivity (Wildman–Crippen MR) is 70.4 cm³/mol. The molecule has 1 aromatic rings. The Morgan fingerprint density at radius 2 is 1.95 bits per heavy atom. The molecule has 1 aliphatic heterocycles. The van der Waals surface area contributed by atoms with Crippen molar-refractivity contribution in [3.63, 3.8) is 0 Å². The molecule has 3 rings (SSSR count). The minimum Gasteiger partial charge on any atom is -0.316 e. The van der Waals surface area contributed by atoms with Crippen molar-refractivity contribution in [1.29, 1.82) is 0 Å². The molecule has 2 aliphatic rings. The van der Waals surface area contributed by atoms with Crippen LogP contribution in [0.3, 0.4) is 0 Å². The lowest BCUT2D eigenvalue weighted by Gasteiger charge is -2.56. The number of hydrogen-bond acceptors (Lipinski definition) is 2. The van der Waals surface area contributed by atoms with Crippen LogP contribution in [-0.2, 0) is 6.18 Å². The Labute approximate surface area is 116 Å². The summed E-state index contributed by atoms with van der Waals surface area (Å²) in [6.45, 7) is 5.71. The molecule has 1 aromatic heterocycles. The molecule has 0 amide bonds. The van der Waals surface area contributed by atoms with Gasteiger partial charge >= 0.3 is 6.18 Å². The number of aromatic nitrogens is 1. The van der Waals surface area contributed by atoms with Crippen molar-refractivity contribution >= 4 is 0 Å². The number of pyridine rings is 1. The lowest BCUT2D eigenvalue weighted by Crippen LogP contribution is -2.60. The van der Waals surface area contributed by atoms with E-state index in [1.807, 2.05) is 0 Å². The fourth-order valence-electron chi connectivity index (χ4n) is 3.55. The lowest BCUT2D eigenvalue weighted by molar-refractivity contribution is -0.138. The molecule has 1 unspecified atom stereocenters. The average Bonchev–Trinajstić information content (AvgIpc) is 2.22. The van der Waals surface area contributed by atoms with Gasteiger partial charge in [-0.2, -0.15) is 13.2 Å². The standard InChI is InChI=1S/C15H19F3N2/c1-9(11-5-14(6-11)7-19-8-14)13-4-3-12(10(2)20-13)15(16,17)18/h3-4,9,11,19H,5-8H2,1-2H3. The van der Waals surface area contributed by atoms with Gasteiger partial charge in [-0.1, -0.05) is 6.92 Å². The number of hydrogen-bond donors (Lipinski definition) is 1. The van der Waals surface area contributed by atoms with Gasteiger partial charge < -0.3 is 5.32 Å². The fraction of sp³-hybridized carbons (Fsp3) is 0.667. The average molecular weight is 284 g/mol. The summed E-state index contributed by atoms with van der Waals surface area (Å²) in [5.74, 6) is 0.794. The van der Waals surface area contributed by atoms with Crippen LogP contribution < -0.4 is 5.32 Å². The first-order valence-corrected chi connectivity index (χ1v) is 7.06. The van der Waals surface area contributed by atoms with Crippen LogP contribution in [0.2, 0.25) is 0 Å². The summed E-state index contributed by atoms with van der Waals surface area (Å²) in [4.78, 5) is 4.20. The second kappa shape index (κ2) is 4.45. The van der Waals surface area contributed by atoms with Gasteiger partial charge in [0.15, 0.2) is 0 Å². The van der Waals surface area contributed by atoms with Crippen LogP contribution in [-0.4, -0.2) is 18.1 Å². The normalized spacial score (nSPS) is 23.2. The third kappa shape index (κ3) is 2.22. The van der Waals surface area contributed by atoms with Crippen molar-refractivity contribution < 1.29 is 13.2 Å². The lowest BCUT2D eigenvalue weighted by atomic mass is 9.55. The van der Waals surface area contributed by atoms with E-state index < -0.39 is 11.7 Å². The van der Waals surface area contributed by atoms with Gasteiger partial charge in [0.25, 0.3) is 0 Å². The molecule has 1 saturated heterocycles. The zero-order chi connectivity index (χ0) is 14.5. The molecule has 2 heterocycles. The van der Waals surface area contributed by atoms with E-state index >= 15 is 0 Å². The topological polar surface area (TPSA) is 24.9 Å². The van der Waals surface area contributed by atoms with E-state index in [9.17, 15) is 13.2 Å². The highest BCUT2D eigenvalue weighted by atomic mass is 19.4. The van der Waals surface area contributed by atoms with Crippen molar-refractivity contribution in [1.82, 2.24) is 10.3 Å². The monoisotopic (exact) mass is 284 g/mol. The zero-order valence-electron chi connectivity index (χ0n) is 11.7. The summed E-state index contributed by atoms with van der Waals surface area (Å²) < 4.78 is 38.2. The van der Waals surface area contributed by atoms with E-state index in [0.29, 0.717) is 11.3 Å². The smallest absolute Gasteiger partial charge is 0.316 e. The highest BCUT2D eigenvalue weighted by Crippen LogP contribution is 2.53. The van der Waals surface area contributed by atoms with Crippen LogP contribution in [0, 0.1) is 18.3 Å². The van der Waals surface area contributed by atoms with Gasteiger partial charge in [-0.05, 0) is 43.2 Å². The van der Waals surface area contributed by atoms with E-state index in [1.165, 1.54) is 25.8 Å². The number of nitrogens with zero attached hydrogens (tertiary/aromatic N) is 1. The summed E-state index contributed by atoms with van der Waals surface area (Å²) in [6, 6.07) is 2.72. The first-order chi connectivity index (χ1) is 9.31. The first-order valence-electron chi connectivity index (χ1n) is 7.06. The second-order valence-corrected chi connectivity index (χ2v) is 6.43. The van der Waals surface area contributed by atoms with Gasteiger partial charge in [-0.25, -0.2) is 0 Å². The van der Waals surface area contributed by atoms with E-state index in [1.54, 1.807) is 6.07 Å². The van der Waals surface area contributed by atoms with Gasteiger partial charge in [0.2, 0.25) is 0 Å². The van der Waals surface area contributed by atoms with Crippen LogP contribution >= 0.6 is 0 Å². The Morgan fingerprint density at radius 1 is 1.30 bits per heavy atom. The maximum atomic E-state index is 12.7. The molecule has 110 valence electrons. The number of nitrogens with one attached hydrogen (secondary N) is 1. The van der Waals surface area contributed by atoms with Gasteiger partial charge in [0.1, 0.15) is 0 Å². The molecule has 1 N–H and O–H groups in total. The molecule has 1 aliphatic carbocycles. The molecule has 1 atom stereocenters. The van der Waals surface area contributed by atoms with E-state index in [4.69, 9.17) is 0 Å². The Balaban J connectivity index is 1.73. The molecule has 0 radical (unpaired) electrons. The molecule has 0 bridgehead atoms. The van der Waals surface area contributed by atoms with Gasteiger partial charge in [0, 0.05) is 30.4 Å². The zero-order valence-corrected chi connectivity index (χ0v) is 11.7. The summed E-state index contributed by atoms with van der Waals surface area (Å²) >= 11 is 0. The van der Waals surface area contributed by atoms with Crippen LogP contribution in [0.5, 0.6) is 0 Å². The Kier molecular flexibility index (Phi) is 3.08. The van der Waals surface area contributed by atoms with Crippen LogP contribution in [0.25, 0.3) is 0 Å². The van der Waals surface area contributed by atoms with Crippen LogP contribution in [0.15, 0.2) is 12.1 Å². The van der Waals surface area contributed by atoms with E-state index in [2.05, 4.69) is 17.2 Å². The molecule has 0 aromatic carbocycles. The summed E-state index contributed by atoms with van der Waals surface area (Å²) in [7, 11) is 0. The number of aryl methyl sites for hydroxylation is 1. The fourth-order valence-corrected chi connectivity index (χ4v) is 3.55. The maximum absolute atomic E-state index is 12.7. The minimum atomic E-state index is -4.31. The van der Waals surface area contributed by atoms with E-state index in [0.717, 1.165) is 18.8 Å². The Hall–Kier alpha value is -1.10. The van der Waals surface area contributed by atoms with Crippen molar-refractivity contribution in [2.75, 3.05) is 13.1 Å². The molecule has 2 fully saturated rings. The number of alkyl halides is 3. The van der Waals surface area contributed by atoms with Crippen molar-refractivity contribution in [2.24, 2.45) is 11.3 Å². The third-order valence-corrected chi connectivity index (χ3v) is 4.98. The minimum absolute atomic E-state index is 0.0844. The molecule has 2 nitrogen and oxygen atoms in total. The summed E-state index contributed by atoms with van der Waals surface area (Å²) in [6.07, 6.45) is -1.97. The second-order valence-electron chi connectivity index (χ2n) is 6.43. The summed E-state index contributed by atoms with van der Waals surface area (Å²) in [5, 5.41) is 3.30. The molecule has 1 saturated carbocycles. The Morgan fingerprint density at radius 3 is 2.40 bits per heavy atom. The predicted octanol–water partition coefficient (Wildman–Crippen LogP) is 3.51. The van der Waals surface area contributed by atoms with Crippen molar-refractivity contribution in [3.05, 3.63) is 29.1 Å². The van der Waals surface area contributed by atoms with Gasteiger partial charge in [-0.15, -0.1) is 0 Å². The molecule has 5 heteroatoms. The van der Waals surface area contributed by atoms with Crippen LogP contribution in [0.1, 0.15) is 42.6 Å².